The molecule has 0 atom stereocenters. The summed E-state index contributed by atoms with van der Waals surface area (Å²) in [5.41, 5.74) is 1.96. The lowest BCUT2D eigenvalue weighted by molar-refractivity contribution is 0.0921. The first-order chi connectivity index (χ1) is 14.6. The number of aromatic nitrogens is 3. The van der Waals surface area contributed by atoms with Gasteiger partial charge in [-0.05, 0) is 37.1 Å². The van der Waals surface area contributed by atoms with Crippen molar-refractivity contribution in [3.63, 3.8) is 0 Å². The number of hydrogen-bond acceptors (Lipinski definition) is 7. The van der Waals surface area contributed by atoms with Crippen LogP contribution < -0.4 is 19.7 Å². The Morgan fingerprint density at radius 1 is 1.20 bits per heavy atom. The minimum absolute atomic E-state index is 0.120. The predicted octanol–water partition coefficient (Wildman–Crippen LogP) is 2.96. The molecule has 0 unspecified atom stereocenters. The average molecular weight is 428 g/mol. The van der Waals surface area contributed by atoms with E-state index in [-0.39, 0.29) is 11.9 Å². The molecule has 158 valence electrons. The number of hydrogen-bond donors (Lipinski definition) is 1. The fourth-order valence-corrected chi connectivity index (χ4v) is 4.37. The Morgan fingerprint density at radius 2 is 2.00 bits per heavy atom. The molecule has 1 aromatic carbocycles. The molecule has 0 radical (unpaired) electrons. The molecule has 3 aromatic rings. The largest absolute Gasteiger partial charge is 0.497 e. The number of nitrogens with one attached hydrogen (secondary N) is 1. The highest BCUT2D eigenvalue weighted by molar-refractivity contribution is 7.13. The number of methoxy groups -OCH3 is 2. The zero-order chi connectivity index (χ0) is 21.1. The first-order valence-electron chi connectivity index (χ1n) is 9.80. The number of benzene rings is 1. The van der Waals surface area contributed by atoms with E-state index in [4.69, 9.17) is 9.47 Å². The summed E-state index contributed by atoms with van der Waals surface area (Å²) in [7, 11) is 5.00. The topological polar surface area (TPSA) is 81.5 Å². The third-order valence-electron chi connectivity index (χ3n) is 5.32. The fourth-order valence-electron chi connectivity index (χ4n) is 3.67. The van der Waals surface area contributed by atoms with Gasteiger partial charge in [-0.25, -0.2) is 4.98 Å². The molecule has 0 spiro atoms. The van der Waals surface area contributed by atoms with Crippen LogP contribution in [0.5, 0.6) is 11.5 Å². The van der Waals surface area contributed by atoms with Crippen LogP contribution in [0.1, 0.15) is 23.3 Å². The summed E-state index contributed by atoms with van der Waals surface area (Å²) < 4.78 is 12.4. The minimum atomic E-state index is -0.120. The van der Waals surface area contributed by atoms with Gasteiger partial charge in [-0.3, -0.25) is 9.48 Å². The number of piperidine rings is 1. The fraction of sp³-hybridized carbons (Fsp3) is 0.381. The van der Waals surface area contributed by atoms with Crippen LogP contribution in [0.15, 0.2) is 35.8 Å². The normalized spacial score (nSPS) is 14.6. The van der Waals surface area contributed by atoms with Crippen LogP contribution in [0.3, 0.4) is 0 Å². The van der Waals surface area contributed by atoms with Crippen molar-refractivity contribution in [2.24, 2.45) is 7.05 Å². The summed E-state index contributed by atoms with van der Waals surface area (Å²) in [6.45, 7) is 1.77. The lowest BCUT2D eigenvalue weighted by Crippen LogP contribution is -2.45. The predicted molar refractivity (Wildman–Crippen MR) is 117 cm³/mol. The van der Waals surface area contributed by atoms with E-state index in [1.54, 1.807) is 43.4 Å². The van der Waals surface area contributed by atoms with E-state index in [1.807, 2.05) is 29.8 Å². The molecular weight excluding hydrogens is 402 g/mol. The molecular formula is C21H25N5O3S. The number of thiazole rings is 1. The van der Waals surface area contributed by atoms with Gasteiger partial charge in [0.2, 0.25) is 0 Å². The van der Waals surface area contributed by atoms with Crippen molar-refractivity contribution in [1.82, 2.24) is 20.1 Å². The molecule has 0 aliphatic carbocycles. The van der Waals surface area contributed by atoms with Gasteiger partial charge in [0.15, 0.2) is 5.13 Å². The van der Waals surface area contributed by atoms with Crippen LogP contribution >= 0.6 is 11.3 Å². The first kappa shape index (κ1) is 20.2. The number of amides is 1. The summed E-state index contributed by atoms with van der Waals surface area (Å²) in [6, 6.07) is 7.45. The average Bonchev–Trinajstić information content (AvgIpc) is 3.44. The minimum Gasteiger partial charge on any atom is -0.497 e. The monoisotopic (exact) mass is 427 g/mol. The molecule has 1 saturated heterocycles. The molecule has 9 heteroatoms. The van der Waals surface area contributed by atoms with Crippen LogP contribution in [0.2, 0.25) is 0 Å². The molecule has 0 saturated carbocycles. The third kappa shape index (κ3) is 4.11. The second-order valence-corrected chi connectivity index (χ2v) is 8.03. The maximum atomic E-state index is 12.9. The number of aryl methyl sites for hydroxylation is 1. The molecule has 1 fully saturated rings. The van der Waals surface area contributed by atoms with Crippen LogP contribution in [0, 0.1) is 0 Å². The lowest BCUT2D eigenvalue weighted by Gasteiger charge is -2.32. The van der Waals surface area contributed by atoms with Crippen LogP contribution in [-0.4, -0.2) is 54.0 Å². The number of carbonyl (C=O) groups is 1. The third-order valence-corrected chi connectivity index (χ3v) is 6.15. The van der Waals surface area contributed by atoms with Gasteiger partial charge in [0.25, 0.3) is 5.91 Å². The molecule has 2 aromatic heterocycles. The van der Waals surface area contributed by atoms with E-state index >= 15 is 0 Å². The van der Waals surface area contributed by atoms with Crippen molar-refractivity contribution in [2.75, 3.05) is 32.2 Å². The Morgan fingerprint density at radius 3 is 2.67 bits per heavy atom. The van der Waals surface area contributed by atoms with Gasteiger partial charge < -0.3 is 19.7 Å². The standard InChI is InChI=1S/C21H25N5O3S/c1-25-18(13-17(24-25)16-12-15(28-2)4-5-19(16)29-3)20(27)23-14-6-9-26(10-7-14)21-22-8-11-30-21/h4-5,8,11-14H,6-7,9-10H2,1-3H3,(H,23,27). The SMILES string of the molecule is COc1ccc(OC)c(-c2cc(C(=O)NC3CCN(c4nccs4)CC3)n(C)n2)c1. The van der Waals surface area contributed by atoms with Gasteiger partial charge in [-0.2, -0.15) is 5.10 Å². The molecule has 0 bridgehead atoms. The summed E-state index contributed by atoms with van der Waals surface area (Å²) in [6.07, 6.45) is 3.60. The molecule has 1 N–H and O–H groups in total. The van der Waals surface area contributed by atoms with Crippen molar-refractivity contribution >= 4 is 22.4 Å². The van der Waals surface area contributed by atoms with Crippen LogP contribution in [0.4, 0.5) is 5.13 Å². The number of nitrogens with zero attached hydrogens (tertiary/aromatic N) is 4. The van der Waals surface area contributed by atoms with E-state index in [0.717, 1.165) is 36.6 Å². The highest BCUT2D eigenvalue weighted by Crippen LogP contribution is 2.33. The zero-order valence-electron chi connectivity index (χ0n) is 17.3. The molecule has 1 aliphatic rings. The van der Waals surface area contributed by atoms with Crippen LogP contribution in [-0.2, 0) is 7.05 Å². The van der Waals surface area contributed by atoms with E-state index in [0.29, 0.717) is 22.9 Å². The molecule has 1 amide bonds. The van der Waals surface area contributed by atoms with Gasteiger partial charge in [0, 0.05) is 43.3 Å². The van der Waals surface area contributed by atoms with Crippen LogP contribution in [0.25, 0.3) is 11.3 Å². The Labute approximate surface area is 179 Å². The van der Waals surface area contributed by atoms with E-state index in [9.17, 15) is 4.79 Å². The molecule has 1 aliphatic heterocycles. The Kier molecular flexibility index (Phi) is 5.89. The highest BCUT2D eigenvalue weighted by Gasteiger charge is 2.24. The Bertz CT molecular complexity index is 1010. The van der Waals surface area contributed by atoms with Crippen molar-refractivity contribution in [3.8, 4) is 22.8 Å². The lowest BCUT2D eigenvalue weighted by atomic mass is 10.1. The number of anilines is 1. The summed E-state index contributed by atoms with van der Waals surface area (Å²) in [5, 5.41) is 10.7. The van der Waals surface area contributed by atoms with E-state index in [2.05, 4.69) is 20.3 Å². The second kappa shape index (κ2) is 8.74. The van der Waals surface area contributed by atoms with Crippen molar-refractivity contribution < 1.29 is 14.3 Å². The quantitative estimate of drug-likeness (QED) is 0.651. The summed E-state index contributed by atoms with van der Waals surface area (Å²) >= 11 is 1.65. The van der Waals surface area contributed by atoms with Crippen molar-refractivity contribution in [3.05, 3.63) is 41.5 Å². The van der Waals surface area contributed by atoms with Gasteiger partial charge in [-0.1, -0.05) is 0 Å². The van der Waals surface area contributed by atoms with Gasteiger partial charge in [0.05, 0.1) is 19.9 Å². The van der Waals surface area contributed by atoms with E-state index < -0.39 is 0 Å². The highest BCUT2D eigenvalue weighted by atomic mass is 32.1. The van der Waals surface area contributed by atoms with Gasteiger partial charge in [-0.15, -0.1) is 11.3 Å². The number of rotatable bonds is 6. The van der Waals surface area contributed by atoms with Crippen molar-refractivity contribution in [2.45, 2.75) is 18.9 Å². The molecule has 30 heavy (non-hydrogen) atoms. The first-order valence-corrected chi connectivity index (χ1v) is 10.7. The maximum absolute atomic E-state index is 12.9. The summed E-state index contributed by atoms with van der Waals surface area (Å²) in [4.78, 5) is 19.6. The smallest absolute Gasteiger partial charge is 0.269 e. The molecule has 4 rings (SSSR count). The molecule has 3 heterocycles. The Hall–Kier alpha value is -3.07. The number of carbonyl (C=O) groups excluding carboxylic acids is 1. The maximum Gasteiger partial charge on any atom is 0.269 e. The van der Waals surface area contributed by atoms with Gasteiger partial charge >= 0.3 is 0 Å². The Balaban J connectivity index is 1.45. The summed E-state index contributed by atoms with van der Waals surface area (Å²) in [5.74, 6) is 1.26. The molecule has 8 nitrogen and oxygen atoms in total. The second-order valence-electron chi connectivity index (χ2n) is 7.15. The number of ether oxygens (including phenoxy) is 2. The zero-order valence-corrected chi connectivity index (χ0v) is 18.1. The van der Waals surface area contributed by atoms with E-state index in [1.165, 1.54) is 0 Å². The van der Waals surface area contributed by atoms with Crippen molar-refractivity contribution in [1.29, 1.82) is 0 Å². The van der Waals surface area contributed by atoms with Gasteiger partial charge in [0.1, 0.15) is 17.2 Å².